The molecule has 2 aromatic carbocycles. The summed E-state index contributed by atoms with van der Waals surface area (Å²) >= 11 is 36.0. The van der Waals surface area contributed by atoms with Crippen molar-refractivity contribution in [3.05, 3.63) is 91.8 Å². The number of benzene rings is 2. The topological polar surface area (TPSA) is 94.7 Å². The second kappa shape index (κ2) is 24.5. The summed E-state index contributed by atoms with van der Waals surface area (Å²) in [5.74, 6) is 0.730. The average molecular weight is 890 g/mol. The van der Waals surface area contributed by atoms with Crippen LogP contribution in [0.3, 0.4) is 0 Å². The molecule has 49 heavy (non-hydrogen) atoms. The number of imidazole rings is 2. The number of amides is 2. The molecule has 2 aromatic heterocycles. The maximum Gasteiger partial charge on any atom is 2.00 e. The average Bonchev–Trinajstić information content (AvgIpc) is 3.74. The molecule has 2 amide bonds. The minimum atomic E-state index is -0.152. The van der Waals surface area contributed by atoms with Gasteiger partial charge in [0.05, 0.1) is 33.2 Å². The van der Waals surface area contributed by atoms with E-state index in [2.05, 4.69) is 9.97 Å². The van der Waals surface area contributed by atoms with Crippen LogP contribution in [0.1, 0.15) is 26.7 Å². The molecule has 0 spiro atoms. The minimum Gasteiger partial charge on any atom is -1.00 e. The van der Waals surface area contributed by atoms with Crippen molar-refractivity contribution in [1.82, 2.24) is 28.9 Å². The van der Waals surface area contributed by atoms with Crippen LogP contribution in [0, 0.1) is 0 Å². The molecule has 19 heteroatoms. The number of halogens is 8. The SMILES string of the molecule is CCCN(CCOc1c(Cl)cc(Cl)cc1Cl)C(=O)n1ccnc1.CCCN(CCOc1c(Cl)cc(Cl)cc1Cl)C(=O)n1ccnc1.[Cl-].[Cl-].[Zn+2]. The molecule has 0 unspecified atom stereocenters. The normalized spacial score (nSPS) is 9.96. The third kappa shape index (κ3) is 14.8. The quantitative estimate of drug-likeness (QED) is 0.203. The standard InChI is InChI=1S/2C15H16Cl3N3O2.2ClH.Zn/c2*1-2-4-20(15(22)21-5-3-19-10-21)6-7-23-14-12(17)8-11(16)9-13(14)18;;;/h2*3,5,8-10H,2,4,6-7H2,1H3;2*1H;/q;;;;+2/p-2. The van der Waals surface area contributed by atoms with E-state index in [-0.39, 0.29) is 69.6 Å². The van der Waals surface area contributed by atoms with Crippen LogP contribution in [0.2, 0.25) is 30.1 Å². The van der Waals surface area contributed by atoms with Crippen LogP contribution < -0.4 is 34.3 Å². The van der Waals surface area contributed by atoms with Gasteiger partial charge in [0.25, 0.3) is 0 Å². The van der Waals surface area contributed by atoms with Gasteiger partial charge >= 0.3 is 31.5 Å². The van der Waals surface area contributed by atoms with Crippen LogP contribution in [-0.4, -0.2) is 80.4 Å². The van der Waals surface area contributed by atoms with E-state index < -0.39 is 0 Å². The third-order valence-electron chi connectivity index (χ3n) is 6.12. The first kappa shape index (κ1) is 47.3. The summed E-state index contributed by atoms with van der Waals surface area (Å²) in [4.78, 5) is 35.8. The molecule has 2 heterocycles. The summed E-state index contributed by atoms with van der Waals surface area (Å²) in [5, 5.41) is 2.23. The molecule has 0 saturated heterocycles. The zero-order chi connectivity index (χ0) is 33.6. The van der Waals surface area contributed by atoms with E-state index in [0.717, 1.165) is 12.8 Å². The van der Waals surface area contributed by atoms with Gasteiger partial charge in [-0.2, -0.15) is 0 Å². The molecule has 0 aliphatic rings. The van der Waals surface area contributed by atoms with Crippen LogP contribution in [-0.2, 0) is 19.5 Å². The number of ether oxygens (including phenoxy) is 2. The Morgan fingerprint density at radius 2 is 0.959 bits per heavy atom. The van der Waals surface area contributed by atoms with Gasteiger partial charge in [-0.3, -0.25) is 9.13 Å². The van der Waals surface area contributed by atoms with E-state index >= 15 is 0 Å². The second-order valence-corrected chi connectivity index (χ2v) is 12.1. The van der Waals surface area contributed by atoms with Gasteiger partial charge in [0.2, 0.25) is 0 Å². The van der Waals surface area contributed by atoms with E-state index in [0.29, 0.717) is 67.8 Å². The Morgan fingerprint density at radius 1 is 0.633 bits per heavy atom. The van der Waals surface area contributed by atoms with Gasteiger partial charge in [0, 0.05) is 47.9 Å². The summed E-state index contributed by atoms with van der Waals surface area (Å²) < 4.78 is 14.1. The molecule has 0 aliphatic heterocycles. The summed E-state index contributed by atoms with van der Waals surface area (Å²) in [6, 6.07) is 5.94. The monoisotopic (exact) mass is 884 g/mol. The Kier molecular flexibility index (Phi) is 23.7. The van der Waals surface area contributed by atoms with Crippen molar-refractivity contribution in [2.24, 2.45) is 0 Å². The Morgan fingerprint density at radius 3 is 1.22 bits per heavy atom. The molecular weight excluding hydrogens is 857 g/mol. The number of rotatable bonds is 12. The number of hydrogen-bond acceptors (Lipinski definition) is 6. The van der Waals surface area contributed by atoms with Gasteiger partial charge < -0.3 is 44.1 Å². The van der Waals surface area contributed by atoms with Crippen LogP contribution in [0.4, 0.5) is 9.59 Å². The fraction of sp³-hybridized carbons (Fsp3) is 0.333. The summed E-state index contributed by atoms with van der Waals surface area (Å²) in [5.41, 5.74) is 0. The molecule has 0 radical (unpaired) electrons. The number of carbonyl (C=O) groups is 2. The summed E-state index contributed by atoms with van der Waals surface area (Å²) in [6.07, 6.45) is 11.0. The first-order valence-electron chi connectivity index (χ1n) is 14.1. The number of aromatic nitrogens is 4. The van der Waals surface area contributed by atoms with Gasteiger partial charge in [0.1, 0.15) is 25.9 Å². The maximum atomic E-state index is 12.3. The predicted molar refractivity (Wildman–Crippen MR) is 184 cm³/mol. The fourth-order valence-electron chi connectivity index (χ4n) is 4.07. The summed E-state index contributed by atoms with van der Waals surface area (Å²) in [6.45, 7) is 6.57. The van der Waals surface area contributed by atoms with Crippen molar-refractivity contribution in [2.45, 2.75) is 26.7 Å². The number of nitrogens with zero attached hydrogens (tertiary/aromatic N) is 6. The molecule has 0 fully saturated rings. The number of carbonyl (C=O) groups excluding carboxylic acids is 2. The van der Waals surface area contributed by atoms with E-state index in [1.54, 1.807) is 58.9 Å². The third-order valence-corrected chi connectivity index (χ3v) is 7.68. The first-order chi connectivity index (χ1) is 22.0. The van der Waals surface area contributed by atoms with E-state index in [9.17, 15) is 9.59 Å². The van der Waals surface area contributed by atoms with Crippen molar-refractivity contribution in [2.75, 3.05) is 39.4 Å². The Labute approximate surface area is 340 Å². The molecular formula is C30H32Cl8N6O4Zn. The summed E-state index contributed by atoms with van der Waals surface area (Å²) in [7, 11) is 0. The molecule has 0 saturated carbocycles. The van der Waals surface area contributed by atoms with Crippen molar-refractivity contribution >= 4 is 81.7 Å². The fourth-order valence-corrected chi connectivity index (χ4v) is 5.92. The Hall–Kier alpha value is -1.66. The minimum absolute atomic E-state index is 0. The van der Waals surface area contributed by atoms with E-state index in [1.807, 2.05) is 13.8 Å². The van der Waals surface area contributed by atoms with E-state index in [1.165, 1.54) is 21.8 Å². The molecule has 10 nitrogen and oxygen atoms in total. The zero-order valence-corrected chi connectivity index (χ0v) is 35.5. The Bertz CT molecular complexity index is 1410. The predicted octanol–water partition coefficient (Wildman–Crippen LogP) is 3.21. The van der Waals surface area contributed by atoms with Crippen LogP contribution >= 0.6 is 69.6 Å². The van der Waals surface area contributed by atoms with Gasteiger partial charge in [-0.1, -0.05) is 83.5 Å². The Balaban J connectivity index is 0.000000886. The van der Waals surface area contributed by atoms with Crippen LogP contribution in [0.25, 0.3) is 0 Å². The van der Waals surface area contributed by atoms with Crippen molar-refractivity contribution in [3.63, 3.8) is 0 Å². The van der Waals surface area contributed by atoms with Crippen LogP contribution in [0.5, 0.6) is 11.5 Å². The molecule has 264 valence electrons. The van der Waals surface area contributed by atoms with E-state index in [4.69, 9.17) is 79.1 Å². The van der Waals surface area contributed by atoms with Gasteiger partial charge in [0.15, 0.2) is 11.5 Å². The molecule has 0 bridgehead atoms. The van der Waals surface area contributed by atoms with Crippen LogP contribution in [0.15, 0.2) is 61.7 Å². The second-order valence-electron chi connectivity index (χ2n) is 9.57. The molecule has 0 aliphatic carbocycles. The van der Waals surface area contributed by atoms with Crippen molar-refractivity contribution in [3.8, 4) is 11.5 Å². The van der Waals surface area contributed by atoms with Gasteiger partial charge in [-0.15, -0.1) is 0 Å². The van der Waals surface area contributed by atoms with Crippen molar-refractivity contribution < 1.29 is 63.4 Å². The van der Waals surface area contributed by atoms with Crippen molar-refractivity contribution in [1.29, 1.82) is 0 Å². The zero-order valence-electron chi connectivity index (χ0n) is 26.5. The molecule has 0 atom stereocenters. The number of hydrogen-bond donors (Lipinski definition) is 0. The molecule has 4 aromatic rings. The van der Waals surface area contributed by atoms with Gasteiger partial charge in [-0.25, -0.2) is 19.6 Å². The smallest absolute Gasteiger partial charge is 1.00 e. The largest absolute Gasteiger partial charge is 2.00 e. The molecule has 0 N–H and O–H groups in total. The van der Waals surface area contributed by atoms with Gasteiger partial charge in [-0.05, 0) is 37.1 Å². The maximum absolute atomic E-state index is 12.3. The first-order valence-corrected chi connectivity index (χ1v) is 16.4. The molecule has 4 rings (SSSR count).